The maximum atomic E-state index is 13.6. The highest BCUT2D eigenvalue weighted by Gasteiger charge is 2.22. The van der Waals surface area contributed by atoms with Crippen molar-refractivity contribution < 1.29 is 9.60 Å². The maximum Gasteiger partial charge on any atom is 0.170 e. The molecule has 21 heavy (non-hydrogen) atoms. The van der Waals surface area contributed by atoms with E-state index in [1.165, 1.54) is 44.2 Å². The molecule has 116 valence electrons. The molecule has 0 heterocycles. The molecule has 0 aromatic heterocycles. The van der Waals surface area contributed by atoms with Crippen LogP contribution in [0.1, 0.15) is 50.2 Å². The Morgan fingerprint density at radius 2 is 2.14 bits per heavy atom. The minimum absolute atomic E-state index is 0.0696. The van der Waals surface area contributed by atoms with Crippen LogP contribution in [0.15, 0.2) is 23.4 Å². The molecule has 1 aliphatic carbocycles. The standard InChI is InChI=1S/C16H24FN3O/c1-2-12-5-3-4-6-15(12)19-10-11-7-13(16(18)20-21)9-14(17)8-11/h7-9,12,15,19,21H,2-6,10H2,1H3,(H2,18,20). The number of nitrogens with zero attached hydrogens (tertiary/aromatic N) is 1. The largest absolute Gasteiger partial charge is 0.409 e. The number of hydrogen-bond acceptors (Lipinski definition) is 3. The highest BCUT2D eigenvalue weighted by Crippen LogP contribution is 2.27. The molecule has 2 atom stereocenters. The number of nitrogens with two attached hydrogens (primary N) is 1. The van der Waals surface area contributed by atoms with Gasteiger partial charge >= 0.3 is 0 Å². The zero-order valence-corrected chi connectivity index (χ0v) is 12.5. The first kappa shape index (κ1) is 15.8. The van der Waals surface area contributed by atoms with Crippen LogP contribution in [-0.2, 0) is 6.54 Å². The first-order valence-electron chi connectivity index (χ1n) is 7.64. The molecule has 2 rings (SSSR count). The Morgan fingerprint density at radius 1 is 1.38 bits per heavy atom. The average Bonchev–Trinajstić information content (AvgIpc) is 2.51. The van der Waals surface area contributed by atoms with E-state index in [4.69, 9.17) is 10.9 Å². The summed E-state index contributed by atoms with van der Waals surface area (Å²) in [4.78, 5) is 0. The van der Waals surface area contributed by atoms with Gasteiger partial charge in [0.1, 0.15) is 5.82 Å². The van der Waals surface area contributed by atoms with Gasteiger partial charge in [0, 0.05) is 18.2 Å². The van der Waals surface area contributed by atoms with E-state index in [1.807, 2.05) is 0 Å². The first-order chi connectivity index (χ1) is 10.1. The molecule has 0 spiro atoms. The molecule has 0 bridgehead atoms. The van der Waals surface area contributed by atoms with Crippen LogP contribution in [0.5, 0.6) is 0 Å². The highest BCUT2D eigenvalue weighted by molar-refractivity contribution is 5.97. The SMILES string of the molecule is CCC1CCCCC1NCc1cc(F)cc(/C(N)=N/O)c1. The van der Waals surface area contributed by atoms with Crippen LogP contribution in [0.4, 0.5) is 4.39 Å². The number of oxime groups is 1. The van der Waals surface area contributed by atoms with Gasteiger partial charge < -0.3 is 16.3 Å². The Labute approximate surface area is 125 Å². The molecule has 1 aromatic carbocycles. The van der Waals surface area contributed by atoms with Crippen LogP contribution < -0.4 is 11.1 Å². The Hall–Kier alpha value is -1.62. The van der Waals surface area contributed by atoms with E-state index in [2.05, 4.69) is 17.4 Å². The van der Waals surface area contributed by atoms with Gasteiger partial charge in [-0.2, -0.15) is 0 Å². The lowest BCUT2D eigenvalue weighted by atomic mass is 9.83. The van der Waals surface area contributed by atoms with Crippen molar-refractivity contribution in [2.75, 3.05) is 0 Å². The van der Waals surface area contributed by atoms with E-state index in [9.17, 15) is 4.39 Å². The number of nitrogens with one attached hydrogen (secondary N) is 1. The van der Waals surface area contributed by atoms with Gasteiger partial charge in [0.25, 0.3) is 0 Å². The van der Waals surface area contributed by atoms with Gasteiger partial charge in [-0.15, -0.1) is 0 Å². The van der Waals surface area contributed by atoms with Crippen LogP contribution >= 0.6 is 0 Å². The fraction of sp³-hybridized carbons (Fsp3) is 0.562. The number of halogens is 1. The molecule has 2 unspecified atom stereocenters. The van der Waals surface area contributed by atoms with Crippen molar-refractivity contribution in [1.82, 2.24) is 5.32 Å². The van der Waals surface area contributed by atoms with E-state index >= 15 is 0 Å². The van der Waals surface area contributed by atoms with Crippen LogP contribution in [-0.4, -0.2) is 17.1 Å². The van der Waals surface area contributed by atoms with E-state index in [0.717, 1.165) is 5.56 Å². The minimum atomic E-state index is -0.369. The predicted octanol–water partition coefficient (Wildman–Crippen LogP) is 2.98. The third-order valence-electron chi connectivity index (χ3n) is 4.36. The van der Waals surface area contributed by atoms with Crippen LogP contribution in [0.3, 0.4) is 0 Å². The van der Waals surface area contributed by atoms with E-state index in [1.54, 1.807) is 6.07 Å². The van der Waals surface area contributed by atoms with Crippen molar-refractivity contribution in [3.05, 3.63) is 35.1 Å². The van der Waals surface area contributed by atoms with Gasteiger partial charge in [0.05, 0.1) is 0 Å². The van der Waals surface area contributed by atoms with Crippen LogP contribution in [0.2, 0.25) is 0 Å². The lowest BCUT2D eigenvalue weighted by Crippen LogP contribution is -2.37. The maximum absolute atomic E-state index is 13.6. The molecular formula is C16H24FN3O. The van der Waals surface area contributed by atoms with Crippen molar-refractivity contribution in [2.45, 2.75) is 51.6 Å². The van der Waals surface area contributed by atoms with Crippen molar-refractivity contribution in [2.24, 2.45) is 16.8 Å². The molecule has 1 saturated carbocycles. The average molecular weight is 293 g/mol. The molecule has 0 aliphatic heterocycles. The van der Waals surface area contributed by atoms with Gasteiger partial charge in [-0.25, -0.2) is 4.39 Å². The summed E-state index contributed by atoms with van der Waals surface area (Å²) in [6, 6.07) is 5.02. The summed E-state index contributed by atoms with van der Waals surface area (Å²) in [5.41, 5.74) is 6.75. The number of hydrogen-bond donors (Lipinski definition) is 3. The zero-order valence-electron chi connectivity index (χ0n) is 12.5. The molecule has 1 aliphatic rings. The van der Waals surface area contributed by atoms with Gasteiger partial charge in [0.15, 0.2) is 5.84 Å². The molecule has 5 heteroatoms. The Kier molecular flexibility index (Phi) is 5.56. The lowest BCUT2D eigenvalue weighted by molar-refractivity contribution is 0.254. The van der Waals surface area contributed by atoms with E-state index in [0.29, 0.717) is 24.1 Å². The highest BCUT2D eigenvalue weighted by atomic mass is 19.1. The molecular weight excluding hydrogens is 269 g/mol. The molecule has 4 N–H and O–H groups in total. The second kappa shape index (κ2) is 7.41. The lowest BCUT2D eigenvalue weighted by Gasteiger charge is -2.31. The first-order valence-corrected chi connectivity index (χ1v) is 7.64. The molecule has 1 fully saturated rings. The fourth-order valence-corrected chi connectivity index (χ4v) is 3.17. The number of benzene rings is 1. The summed E-state index contributed by atoms with van der Waals surface area (Å²) in [6.45, 7) is 2.83. The summed E-state index contributed by atoms with van der Waals surface area (Å²) < 4.78 is 13.6. The van der Waals surface area contributed by atoms with Gasteiger partial charge in [-0.3, -0.25) is 0 Å². The molecule has 0 saturated heterocycles. The summed E-state index contributed by atoms with van der Waals surface area (Å²) in [5.74, 6) is 0.266. The predicted molar refractivity (Wildman–Crippen MR) is 81.8 cm³/mol. The van der Waals surface area contributed by atoms with Crippen molar-refractivity contribution in [3.8, 4) is 0 Å². The monoisotopic (exact) mass is 293 g/mol. The minimum Gasteiger partial charge on any atom is -0.409 e. The van der Waals surface area contributed by atoms with Gasteiger partial charge in [-0.1, -0.05) is 31.3 Å². The third-order valence-corrected chi connectivity index (χ3v) is 4.36. The Morgan fingerprint density at radius 3 is 2.86 bits per heavy atom. The summed E-state index contributed by atoms with van der Waals surface area (Å²) in [5, 5.41) is 15.2. The second-order valence-electron chi connectivity index (χ2n) is 5.77. The van der Waals surface area contributed by atoms with Gasteiger partial charge in [-0.05, 0) is 42.5 Å². The van der Waals surface area contributed by atoms with Crippen molar-refractivity contribution in [1.29, 1.82) is 0 Å². The summed E-state index contributed by atoms with van der Waals surface area (Å²) in [6.07, 6.45) is 6.20. The van der Waals surface area contributed by atoms with Crippen LogP contribution in [0, 0.1) is 11.7 Å². The zero-order chi connectivity index (χ0) is 15.2. The smallest absolute Gasteiger partial charge is 0.170 e. The third kappa shape index (κ3) is 4.17. The van der Waals surface area contributed by atoms with Crippen molar-refractivity contribution in [3.63, 3.8) is 0 Å². The topological polar surface area (TPSA) is 70.6 Å². The number of rotatable bonds is 5. The Bertz CT molecular complexity index is 504. The van der Waals surface area contributed by atoms with E-state index < -0.39 is 0 Å². The molecule has 4 nitrogen and oxygen atoms in total. The number of amidine groups is 1. The fourth-order valence-electron chi connectivity index (χ4n) is 3.17. The van der Waals surface area contributed by atoms with Crippen molar-refractivity contribution >= 4 is 5.84 Å². The van der Waals surface area contributed by atoms with Gasteiger partial charge in [0.2, 0.25) is 0 Å². The summed E-state index contributed by atoms with van der Waals surface area (Å²) >= 11 is 0. The summed E-state index contributed by atoms with van der Waals surface area (Å²) in [7, 11) is 0. The Balaban J connectivity index is 2.04. The normalized spacial score (nSPS) is 23.2. The molecule has 0 amide bonds. The quantitative estimate of drug-likeness (QED) is 0.338. The second-order valence-corrected chi connectivity index (χ2v) is 5.77. The molecule has 1 aromatic rings. The molecule has 0 radical (unpaired) electrons. The van der Waals surface area contributed by atoms with Crippen LogP contribution in [0.25, 0.3) is 0 Å². The van der Waals surface area contributed by atoms with E-state index in [-0.39, 0.29) is 11.7 Å².